The molecule has 0 heterocycles. The highest BCUT2D eigenvalue weighted by molar-refractivity contribution is 5.96. The average Bonchev–Trinajstić information content (AvgIpc) is 2.75. The SMILES string of the molecule is CCOc1ccc(NC(=O)CN(C)CC(=O)N(C)c2ccc([N+](=O)[O-])cc2)cc1OCC. The summed E-state index contributed by atoms with van der Waals surface area (Å²) in [4.78, 5) is 38.2. The first-order valence-corrected chi connectivity index (χ1v) is 10.1. The van der Waals surface area contributed by atoms with Crippen molar-refractivity contribution in [2.45, 2.75) is 13.8 Å². The van der Waals surface area contributed by atoms with E-state index in [9.17, 15) is 19.7 Å². The third kappa shape index (κ3) is 6.95. The van der Waals surface area contributed by atoms with E-state index in [0.717, 1.165) is 0 Å². The van der Waals surface area contributed by atoms with E-state index in [1.807, 2.05) is 13.8 Å². The van der Waals surface area contributed by atoms with Crippen molar-refractivity contribution in [3.05, 3.63) is 52.6 Å². The van der Waals surface area contributed by atoms with Crippen LogP contribution in [0.3, 0.4) is 0 Å². The monoisotopic (exact) mass is 444 g/mol. The molecule has 0 saturated heterocycles. The average molecular weight is 444 g/mol. The fraction of sp³-hybridized carbons (Fsp3) is 0.364. The van der Waals surface area contributed by atoms with Crippen LogP contribution in [0.2, 0.25) is 0 Å². The molecule has 2 amide bonds. The second kappa shape index (κ2) is 11.7. The summed E-state index contributed by atoms with van der Waals surface area (Å²) >= 11 is 0. The Morgan fingerprint density at radius 2 is 1.59 bits per heavy atom. The molecule has 2 aromatic rings. The van der Waals surface area contributed by atoms with Crippen molar-refractivity contribution in [2.24, 2.45) is 0 Å². The zero-order valence-corrected chi connectivity index (χ0v) is 18.7. The van der Waals surface area contributed by atoms with E-state index in [2.05, 4.69) is 5.32 Å². The van der Waals surface area contributed by atoms with Crippen LogP contribution in [-0.2, 0) is 9.59 Å². The van der Waals surface area contributed by atoms with Crippen molar-refractivity contribution in [1.82, 2.24) is 4.90 Å². The first kappa shape index (κ1) is 24.6. The summed E-state index contributed by atoms with van der Waals surface area (Å²) in [5.74, 6) is 0.600. The Balaban J connectivity index is 1.92. The van der Waals surface area contributed by atoms with Crippen LogP contribution in [0.15, 0.2) is 42.5 Å². The molecule has 0 fully saturated rings. The third-order valence-corrected chi connectivity index (χ3v) is 4.47. The van der Waals surface area contributed by atoms with Crippen LogP contribution in [0.4, 0.5) is 17.1 Å². The number of anilines is 2. The number of benzene rings is 2. The highest BCUT2D eigenvalue weighted by atomic mass is 16.6. The molecule has 0 aliphatic rings. The summed E-state index contributed by atoms with van der Waals surface area (Å²) in [7, 11) is 3.23. The number of nitrogens with one attached hydrogen (secondary N) is 1. The van der Waals surface area contributed by atoms with Crippen LogP contribution < -0.4 is 19.7 Å². The third-order valence-electron chi connectivity index (χ3n) is 4.47. The predicted molar refractivity (Wildman–Crippen MR) is 121 cm³/mol. The molecule has 0 bridgehead atoms. The zero-order valence-electron chi connectivity index (χ0n) is 18.7. The molecule has 0 aliphatic heterocycles. The lowest BCUT2D eigenvalue weighted by Crippen LogP contribution is -2.39. The summed E-state index contributed by atoms with van der Waals surface area (Å²) in [5.41, 5.74) is 1.03. The Bertz CT molecular complexity index is 948. The lowest BCUT2D eigenvalue weighted by atomic mass is 10.2. The molecule has 0 aromatic heterocycles. The van der Waals surface area contributed by atoms with Gasteiger partial charge in [0.25, 0.3) is 5.69 Å². The second-order valence-electron chi connectivity index (χ2n) is 6.97. The smallest absolute Gasteiger partial charge is 0.269 e. The quantitative estimate of drug-likeness (QED) is 0.419. The fourth-order valence-corrected chi connectivity index (χ4v) is 2.91. The van der Waals surface area contributed by atoms with Crippen molar-refractivity contribution in [3.8, 4) is 11.5 Å². The van der Waals surface area contributed by atoms with Crippen LogP contribution >= 0.6 is 0 Å². The van der Waals surface area contributed by atoms with Crippen LogP contribution in [-0.4, -0.2) is 62.0 Å². The van der Waals surface area contributed by atoms with Gasteiger partial charge in [-0.25, -0.2) is 0 Å². The zero-order chi connectivity index (χ0) is 23.7. The molecule has 0 aliphatic carbocycles. The van der Waals surface area contributed by atoms with Gasteiger partial charge in [-0.05, 0) is 45.2 Å². The molecule has 0 radical (unpaired) electrons. The maximum Gasteiger partial charge on any atom is 0.269 e. The van der Waals surface area contributed by atoms with Gasteiger partial charge < -0.3 is 19.7 Å². The number of ether oxygens (including phenoxy) is 2. The Hall–Kier alpha value is -3.66. The summed E-state index contributed by atoms with van der Waals surface area (Å²) < 4.78 is 11.1. The van der Waals surface area contributed by atoms with Crippen LogP contribution in [0, 0.1) is 10.1 Å². The van der Waals surface area contributed by atoms with E-state index < -0.39 is 4.92 Å². The predicted octanol–water partition coefficient (Wildman–Crippen LogP) is 2.93. The standard InChI is InChI=1S/C22H28N4O6/c1-5-31-19-12-7-16(13-20(19)32-6-2)23-21(27)14-24(3)15-22(28)25(4)17-8-10-18(11-9-17)26(29)30/h7-13H,5-6,14-15H2,1-4H3,(H,23,27). The minimum atomic E-state index is -0.500. The van der Waals surface area contributed by atoms with Gasteiger partial charge in [0.2, 0.25) is 11.8 Å². The Morgan fingerprint density at radius 3 is 2.19 bits per heavy atom. The number of carbonyl (C=O) groups is 2. The molecular formula is C22H28N4O6. The minimum absolute atomic E-state index is 0.00296. The summed E-state index contributed by atoms with van der Waals surface area (Å²) in [5, 5.41) is 13.5. The van der Waals surface area contributed by atoms with Gasteiger partial charge in [0, 0.05) is 36.6 Å². The van der Waals surface area contributed by atoms with Gasteiger partial charge >= 0.3 is 0 Å². The van der Waals surface area contributed by atoms with Crippen molar-refractivity contribution >= 4 is 28.9 Å². The largest absolute Gasteiger partial charge is 0.490 e. The van der Waals surface area contributed by atoms with Crippen molar-refractivity contribution in [2.75, 3.05) is 50.6 Å². The Kier molecular flexibility index (Phi) is 8.96. The van der Waals surface area contributed by atoms with Crippen LogP contribution in [0.1, 0.15) is 13.8 Å². The molecule has 0 atom stereocenters. The molecule has 10 heteroatoms. The summed E-state index contributed by atoms with van der Waals surface area (Å²) in [6, 6.07) is 10.8. The van der Waals surface area contributed by atoms with Crippen molar-refractivity contribution < 1.29 is 24.0 Å². The number of nitro benzene ring substituents is 1. The molecule has 0 unspecified atom stereocenters. The molecule has 172 valence electrons. The molecule has 2 aromatic carbocycles. The Labute approximate surface area is 186 Å². The molecule has 0 saturated carbocycles. The molecule has 32 heavy (non-hydrogen) atoms. The van der Waals surface area contributed by atoms with Gasteiger partial charge in [0.05, 0.1) is 31.2 Å². The van der Waals surface area contributed by atoms with E-state index >= 15 is 0 Å². The summed E-state index contributed by atoms with van der Waals surface area (Å²) in [6.45, 7) is 4.69. The van der Waals surface area contributed by atoms with Gasteiger partial charge in [-0.15, -0.1) is 0 Å². The molecule has 10 nitrogen and oxygen atoms in total. The fourth-order valence-electron chi connectivity index (χ4n) is 2.91. The number of amides is 2. The number of likely N-dealkylation sites (N-methyl/N-ethyl adjacent to an activating group) is 2. The van der Waals surface area contributed by atoms with E-state index in [4.69, 9.17) is 9.47 Å². The lowest BCUT2D eigenvalue weighted by molar-refractivity contribution is -0.384. The van der Waals surface area contributed by atoms with Crippen LogP contribution in [0.25, 0.3) is 0 Å². The van der Waals surface area contributed by atoms with E-state index in [0.29, 0.717) is 36.1 Å². The molecular weight excluding hydrogens is 416 g/mol. The van der Waals surface area contributed by atoms with Gasteiger partial charge in [-0.2, -0.15) is 0 Å². The van der Waals surface area contributed by atoms with Crippen molar-refractivity contribution in [1.29, 1.82) is 0 Å². The molecule has 1 N–H and O–H groups in total. The number of hydrogen-bond acceptors (Lipinski definition) is 7. The second-order valence-corrected chi connectivity index (χ2v) is 6.97. The van der Waals surface area contributed by atoms with Crippen molar-refractivity contribution in [3.63, 3.8) is 0 Å². The Morgan fingerprint density at radius 1 is 0.969 bits per heavy atom. The number of nitro groups is 1. The maximum atomic E-state index is 12.5. The van der Waals surface area contributed by atoms with Gasteiger partial charge in [-0.1, -0.05) is 0 Å². The van der Waals surface area contributed by atoms with E-state index in [-0.39, 0.29) is 30.6 Å². The van der Waals surface area contributed by atoms with Gasteiger partial charge in [0.1, 0.15) is 0 Å². The summed E-state index contributed by atoms with van der Waals surface area (Å²) in [6.07, 6.45) is 0. The van der Waals surface area contributed by atoms with E-state index in [1.165, 1.54) is 29.2 Å². The first-order valence-electron chi connectivity index (χ1n) is 10.1. The number of hydrogen-bond donors (Lipinski definition) is 1. The molecule has 0 spiro atoms. The number of nitrogens with zero attached hydrogens (tertiary/aromatic N) is 3. The highest BCUT2D eigenvalue weighted by Crippen LogP contribution is 2.30. The number of carbonyl (C=O) groups excluding carboxylic acids is 2. The first-order chi connectivity index (χ1) is 15.2. The molecule has 2 rings (SSSR count). The minimum Gasteiger partial charge on any atom is -0.490 e. The van der Waals surface area contributed by atoms with Gasteiger partial charge in [-0.3, -0.25) is 24.6 Å². The normalized spacial score (nSPS) is 10.5. The number of rotatable bonds is 11. The lowest BCUT2D eigenvalue weighted by Gasteiger charge is -2.21. The highest BCUT2D eigenvalue weighted by Gasteiger charge is 2.17. The van der Waals surface area contributed by atoms with Crippen LogP contribution in [0.5, 0.6) is 11.5 Å². The topological polar surface area (TPSA) is 114 Å². The maximum absolute atomic E-state index is 12.5. The van der Waals surface area contributed by atoms with Gasteiger partial charge in [0.15, 0.2) is 11.5 Å². The van der Waals surface area contributed by atoms with E-state index in [1.54, 1.807) is 37.2 Å². The number of non-ortho nitro benzene ring substituents is 1.